The molecule has 0 bridgehead atoms. The van der Waals surface area contributed by atoms with Crippen molar-refractivity contribution in [1.29, 1.82) is 0 Å². The lowest BCUT2D eigenvalue weighted by atomic mass is 10.0. The van der Waals surface area contributed by atoms with E-state index >= 15 is 0 Å². The van der Waals surface area contributed by atoms with Gasteiger partial charge in [-0.05, 0) is 72.4 Å². The molecule has 3 aromatic carbocycles. The van der Waals surface area contributed by atoms with E-state index in [4.69, 9.17) is 9.47 Å². The molecule has 0 unspecified atom stereocenters. The number of benzene rings is 3. The molecule has 30 heavy (non-hydrogen) atoms. The van der Waals surface area contributed by atoms with Gasteiger partial charge in [-0.3, -0.25) is 4.79 Å². The first kappa shape index (κ1) is 21.4. The molecule has 0 fully saturated rings. The number of allylic oxidation sites excluding steroid dienone is 2. The van der Waals surface area contributed by atoms with Crippen molar-refractivity contribution >= 4 is 16.7 Å². The van der Waals surface area contributed by atoms with Crippen LogP contribution in [0.4, 0.5) is 0 Å². The van der Waals surface area contributed by atoms with Gasteiger partial charge in [-0.15, -0.1) is 0 Å². The molecular weight excluding hydrogens is 376 g/mol. The molecule has 0 radical (unpaired) electrons. The van der Waals surface area contributed by atoms with E-state index in [9.17, 15) is 9.90 Å². The Morgan fingerprint density at radius 1 is 1.03 bits per heavy atom. The summed E-state index contributed by atoms with van der Waals surface area (Å²) < 4.78 is 10.8. The molecule has 0 amide bonds. The summed E-state index contributed by atoms with van der Waals surface area (Å²) in [5.74, 6) is 0.848. The maximum atomic E-state index is 12.3. The van der Waals surface area contributed by atoms with E-state index in [1.165, 1.54) is 5.57 Å². The Morgan fingerprint density at radius 2 is 1.87 bits per heavy atom. The van der Waals surface area contributed by atoms with Gasteiger partial charge in [0.05, 0.1) is 7.11 Å². The Hall–Kier alpha value is -3.27. The van der Waals surface area contributed by atoms with E-state index in [0.717, 1.165) is 33.2 Å². The number of hydrogen-bond acceptors (Lipinski definition) is 4. The number of methoxy groups -OCH3 is 1. The van der Waals surface area contributed by atoms with Crippen LogP contribution in [-0.2, 0) is 29.0 Å². The first-order chi connectivity index (χ1) is 14.5. The Labute approximate surface area is 177 Å². The Morgan fingerprint density at radius 3 is 2.63 bits per heavy atom. The van der Waals surface area contributed by atoms with Crippen LogP contribution in [0, 0.1) is 0 Å². The molecule has 4 heteroatoms. The van der Waals surface area contributed by atoms with E-state index in [1.54, 1.807) is 13.2 Å². The minimum absolute atomic E-state index is 0.237. The molecule has 3 aromatic rings. The first-order valence-corrected chi connectivity index (χ1v) is 10.1. The number of aromatic hydroxyl groups is 1. The molecule has 0 aliphatic rings. The highest BCUT2D eigenvalue weighted by Crippen LogP contribution is 2.25. The van der Waals surface area contributed by atoms with Crippen LogP contribution in [0.5, 0.6) is 11.5 Å². The molecular formula is C26H28O4. The molecule has 4 nitrogen and oxygen atoms in total. The molecule has 0 atom stereocenters. The molecule has 1 N–H and O–H groups in total. The Balaban J connectivity index is 1.59. The fourth-order valence-electron chi connectivity index (χ4n) is 3.33. The van der Waals surface area contributed by atoms with Crippen LogP contribution in [-0.4, -0.2) is 18.2 Å². The van der Waals surface area contributed by atoms with Gasteiger partial charge in [0.25, 0.3) is 0 Å². The molecule has 0 heterocycles. The van der Waals surface area contributed by atoms with Gasteiger partial charge >= 0.3 is 5.97 Å². The molecule has 0 aromatic heterocycles. The van der Waals surface area contributed by atoms with Gasteiger partial charge in [-0.2, -0.15) is 0 Å². The van der Waals surface area contributed by atoms with Gasteiger partial charge in [-0.25, -0.2) is 0 Å². The summed E-state index contributed by atoms with van der Waals surface area (Å²) in [4.78, 5) is 12.3. The van der Waals surface area contributed by atoms with Gasteiger partial charge in [-0.1, -0.05) is 48.0 Å². The van der Waals surface area contributed by atoms with Crippen LogP contribution in [0.1, 0.15) is 37.0 Å². The number of ether oxygens (including phenoxy) is 2. The highest BCUT2D eigenvalue weighted by molar-refractivity contribution is 5.87. The Bertz CT molecular complexity index is 1060. The average Bonchev–Trinajstić information content (AvgIpc) is 2.75. The number of aryl methyl sites for hydroxylation is 1. The summed E-state index contributed by atoms with van der Waals surface area (Å²) in [6.07, 6.45) is 3.63. The van der Waals surface area contributed by atoms with Crippen molar-refractivity contribution in [1.82, 2.24) is 0 Å². The molecule has 0 saturated carbocycles. The quantitative estimate of drug-likeness (QED) is 0.384. The minimum Gasteiger partial charge on any atom is -0.508 e. The molecule has 0 spiro atoms. The molecule has 0 aliphatic heterocycles. The summed E-state index contributed by atoms with van der Waals surface area (Å²) in [5, 5.41) is 12.1. The van der Waals surface area contributed by atoms with Crippen LogP contribution in [0.15, 0.2) is 66.2 Å². The van der Waals surface area contributed by atoms with Gasteiger partial charge in [0.2, 0.25) is 0 Å². The van der Waals surface area contributed by atoms with Crippen molar-refractivity contribution in [2.45, 2.75) is 39.7 Å². The largest absolute Gasteiger partial charge is 0.508 e. The number of esters is 1. The van der Waals surface area contributed by atoms with E-state index in [1.807, 2.05) is 62.4 Å². The SMILES string of the molecule is COc1ccc2c(COC(=O)CCc3ccc(O)c(CC=C(C)C)c3)cccc2c1. The van der Waals surface area contributed by atoms with Crippen molar-refractivity contribution in [2.75, 3.05) is 7.11 Å². The second kappa shape index (κ2) is 9.97. The van der Waals surface area contributed by atoms with Crippen LogP contribution in [0.3, 0.4) is 0 Å². The molecule has 156 valence electrons. The van der Waals surface area contributed by atoms with Crippen molar-refractivity contribution in [3.8, 4) is 11.5 Å². The summed E-state index contributed by atoms with van der Waals surface area (Å²) in [5.41, 5.74) is 4.06. The fraction of sp³-hybridized carbons (Fsp3) is 0.269. The number of phenols is 1. The highest BCUT2D eigenvalue weighted by Gasteiger charge is 2.09. The standard InChI is InChI=1S/C26H28O4/c1-18(2)7-10-21-15-19(8-13-25(21)27)9-14-26(28)30-17-22-6-4-5-20-16-23(29-3)11-12-24(20)22/h4-8,11-13,15-16,27H,9-10,14,17H2,1-3H3. The Kier molecular flexibility index (Phi) is 7.12. The summed E-state index contributed by atoms with van der Waals surface area (Å²) in [6, 6.07) is 17.3. The number of carbonyl (C=O) groups excluding carboxylic acids is 1. The van der Waals surface area contributed by atoms with Crippen LogP contribution in [0.2, 0.25) is 0 Å². The van der Waals surface area contributed by atoms with Crippen molar-refractivity contribution in [2.24, 2.45) is 0 Å². The second-order valence-electron chi connectivity index (χ2n) is 7.61. The third-order valence-electron chi connectivity index (χ3n) is 5.06. The van der Waals surface area contributed by atoms with Crippen LogP contribution < -0.4 is 4.74 Å². The van der Waals surface area contributed by atoms with Crippen molar-refractivity contribution in [3.05, 3.63) is 82.9 Å². The average molecular weight is 405 g/mol. The maximum absolute atomic E-state index is 12.3. The highest BCUT2D eigenvalue weighted by atomic mass is 16.5. The monoisotopic (exact) mass is 404 g/mol. The third kappa shape index (κ3) is 5.63. The zero-order valence-electron chi connectivity index (χ0n) is 17.8. The second-order valence-corrected chi connectivity index (χ2v) is 7.61. The number of rotatable bonds is 8. The number of hydrogen-bond donors (Lipinski definition) is 1. The zero-order valence-corrected chi connectivity index (χ0v) is 17.8. The number of phenolic OH excluding ortho intramolecular Hbond substituents is 1. The van der Waals surface area contributed by atoms with E-state index in [2.05, 4.69) is 6.08 Å². The summed E-state index contributed by atoms with van der Waals surface area (Å²) in [7, 11) is 1.64. The third-order valence-corrected chi connectivity index (χ3v) is 5.06. The maximum Gasteiger partial charge on any atom is 0.306 e. The number of fused-ring (bicyclic) bond motifs is 1. The lowest BCUT2D eigenvalue weighted by molar-refractivity contribution is -0.144. The predicted molar refractivity (Wildman–Crippen MR) is 120 cm³/mol. The topological polar surface area (TPSA) is 55.8 Å². The molecule has 0 saturated heterocycles. The predicted octanol–water partition coefficient (Wildman–Crippen LogP) is 5.74. The van der Waals surface area contributed by atoms with Crippen LogP contribution in [0.25, 0.3) is 10.8 Å². The molecule has 0 aliphatic carbocycles. The van der Waals surface area contributed by atoms with E-state index in [0.29, 0.717) is 19.3 Å². The van der Waals surface area contributed by atoms with E-state index in [-0.39, 0.29) is 18.3 Å². The zero-order chi connectivity index (χ0) is 21.5. The van der Waals surface area contributed by atoms with Gasteiger partial charge in [0.1, 0.15) is 18.1 Å². The molecule has 3 rings (SSSR count). The van der Waals surface area contributed by atoms with Gasteiger partial charge in [0.15, 0.2) is 0 Å². The first-order valence-electron chi connectivity index (χ1n) is 10.1. The van der Waals surface area contributed by atoms with Crippen LogP contribution >= 0.6 is 0 Å². The smallest absolute Gasteiger partial charge is 0.306 e. The van der Waals surface area contributed by atoms with Gasteiger partial charge in [0, 0.05) is 6.42 Å². The van der Waals surface area contributed by atoms with E-state index < -0.39 is 0 Å². The normalized spacial score (nSPS) is 10.6. The van der Waals surface area contributed by atoms with Gasteiger partial charge < -0.3 is 14.6 Å². The fourth-order valence-corrected chi connectivity index (χ4v) is 3.33. The lowest BCUT2D eigenvalue weighted by Gasteiger charge is -2.10. The summed E-state index contributed by atoms with van der Waals surface area (Å²) in [6.45, 7) is 4.30. The number of carbonyl (C=O) groups is 1. The van der Waals surface area contributed by atoms with Crippen molar-refractivity contribution in [3.63, 3.8) is 0 Å². The van der Waals surface area contributed by atoms with Crippen molar-refractivity contribution < 1.29 is 19.4 Å². The lowest BCUT2D eigenvalue weighted by Crippen LogP contribution is -2.06. The summed E-state index contributed by atoms with van der Waals surface area (Å²) >= 11 is 0. The minimum atomic E-state index is -0.237.